The minimum Gasteiger partial charge on any atom is -0.303 e. The monoisotopic (exact) mass is 570 g/mol. The molecule has 4 aromatic heterocycles. The lowest BCUT2D eigenvalue weighted by atomic mass is 10.1. The highest BCUT2D eigenvalue weighted by Crippen LogP contribution is 2.36. The molecule has 0 atom stereocenters. The van der Waals surface area contributed by atoms with Gasteiger partial charge in [0.2, 0.25) is 0 Å². The maximum atomic E-state index is 13.6. The number of rotatable bonds is 5. The van der Waals surface area contributed by atoms with Crippen LogP contribution in [-0.4, -0.2) is 33.9 Å². The zero-order chi connectivity index (χ0) is 28.8. The van der Waals surface area contributed by atoms with Crippen LogP contribution in [0.1, 0.15) is 11.3 Å². The molecular formula is C24H14F3N6O6P. The molecule has 0 fully saturated rings. The van der Waals surface area contributed by atoms with E-state index in [0.717, 1.165) is 22.9 Å². The summed E-state index contributed by atoms with van der Waals surface area (Å²) in [6.45, 7) is -1.20. The van der Waals surface area contributed by atoms with Crippen LogP contribution in [0.4, 0.5) is 13.2 Å². The van der Waals surface area contributed by atoms with Gasteiger partial charge in [-0.25, -0.2) is 23.9 Å². The molecule has 0 bridgehead atoms. The van der Waals surface area contributed by atoms with Gasteiger partial charge in [0.05, 0.1) is 33.4 Å². The van der Waals surface area contributed by atoms with Gasteiger partial charge in [-0.2, -0.15) is 18.4 Å². The molecule has 40 heavy (non-hydrogen) atoms. The summed E-state index contributed by atoms with van der Waals surface area (Å²) < 4.78 is 57.3. The topological polar surface area (TPSA) is 173 Å². The number of alkyl halides is 3. The maximum Gasteiger partial charge on any atom is 0.471 e. The number of phosphoric acid groups is 1. The SMILES string of the molecule is N#Cc1ccc(-c2ccc3ncc4c(=O)n(COP(=O)(O)O)c(=O)n(-c5cccc(C(F)(F)F)c5)c4c3n2)cn1. The lowest BCUT2D eigenvalue weighted by molar-refractivity contribution is -0.137. The Kier molecular flexibility index (Phi) is 6.56. The first-order chi connectivity index (χ1) is 18.9. The van der Waals surface area contributed by atoms with Crippen LogP contribution >= 0.6 is 7.82 Å². The number of benzene rings is 1. The van der Waals surface area contributed by atoms with Crippen molar-refractivity contribution in [1.29, 1.82) is 5.26 Å². The highest BCUT2D eigenvalue weighted by atomic mass is 31.2. The number of fused-ring (bicyclic) bond motifs is 3. The normalized spacial score (nSPS) is 12.1. The van der Waals surface area contributed by atoms with E-state index in [-0.39, 0.29) is 39.0 Å². The Balaban J connectivity index is 1.88. The van der Waals surface area contributed by atoms with Gasteiger partial charge in [0.25, 0.3) is 5.56 Å². The summed E-state index contributed by atoms with van der Waals surface area (Å²) in [7, 11) is -5.14. The van der Waals surface area contributed by atoms with Crippen LogP contribution < -0.4 is 11.2 Å². The second-order valence-electron chi connectivity index (χ2n) is 8.28. The third-order valence-electron chi connectivity index (χ3n) is 5.77. The van der Waals surface area contributed by atoms with Gasteiger partial charge >= 0.3 is 19.7 Å². The second-order valence-corrected chi connectivity index (χ2v) is 9.52. The van der Waals surface area contributed by atoms with Crippen molar-refractivity contribution in [2.24, 2.45) is 0 Å². The van der Waals surface area contributed by atoms with E-state index in [2.05, 4.69) is 19.5 Å². The quantitative estimate of drug-likeness (QED) is 0.236. The van der Waals surface area contributed by atoms with E-state index in [1.165, 1.54) is 24.4 Å². The van der Waals surface area contributed by atoms with Crippen LogP contribution in [0, 0.1) is 11.3 Å². The summed E-state index contributed by atoms with van der Waals surface area (Å²) in [5, 5.41) is 8.71. The van der Waals surface area contributed by atoms with Gasteiger partial charge in [-0.15, -0.1) is 0 Å². The molecule has 4 heterocycles. The average Bonchev–Trinajstić information content (AvgIpc) is 2.92. The van der Waals surface area contributed by atoms with Crippen molar-refractivity contribution in [3.63, 3.8) is 0 Å². The van der Waals surface area contributed by atoms with Gasteiger partial charge < -0.3 is 9.79 Å². The Bertz CT molecular complexity index is 2010. The molecule has 5 aromatic rings. The molecule has 12 nitrogen and oxygen atoms in total. The van der Waals surface area contributed by atoms with Crippen molar-refractivity contribution in [3.8, 4) is 23.0 Å². The zero-order valence-electron chi connectivity index (χ0n) is 19.8. The highest BCUT2D eigenvalue weighted by molar-refractivity contribution is 7.46. The first-order valence-electron chi connectivity index (χ1n) is 11.1. The second kappa shape index (κ2) is 9.78. The molecule has 0 aliphatic heterocycles. The summed E-state index contributed by atoms with van der Waals surface area (Å²) in [6.07, 6.45) is -2.33. The Labute approximate surface area is 220 Å². The molecule has 0 aliphatic carbocycles. The van der Waals surface area contributed by atoms with Crippen LogP contribution in [0.2, 0.25) is 0 Å². The summed E-state index contributed by atoms with van der Waals surface area (Å²) in [4.78, 5) is 57.7. The van der Waals surface area contributed by atoms with Crippen LogP contribution in [0.25, 0.3) is 38.9 Å². The van der Waals surface area contributed by atoms with Crippen molar-refractivity contribution < 1.29 is 32.0 Å². The molecule has 0 saturated heterocycles. The minimum absolute atomic E-state index is 0.0333. The third-order valence-corrected chi connectivity index (χ3v) is 6.22. The summed E-state index contributed by atoms with van der Waals surface area (Å²) in [5.74, 6) is 0. The van der Waals surface area contributed by atoms with E-state index in [0.29, 0.717) is 16.2 Å². The number of halogens is 3. The molecular weight excluding hydrogens is 556 g/mol. The highest BCUT2D eigenvalue weighted by Gasteiger charge is 2.31. The van der Waals surface area contributed by atoms with Gasteiger partial charge in [0, 0.05) is 18.0 Å². The van der Waals surface area contributed by atoms with E-state index in [9.17, 15) is 27.3 Å². The number of aromatic nitrogens is 5. The van der Waals surface area contributed by atoms with E-state index < -0.39 is 37.5 Å². The van der Waals surface area contributed by atoms with Gasteiger partial charge in [0.1, 0.15) is 24.0 Å². The van der Waals surface area contributed by atoms with Crippen molar-refractivity contribution in [1.82, 2.24) is 24.1 Å². The summed E-state index contributed by atoms with van der Waals surface area (Å²) in [5.41, 5.74) is -2.88. The van der Waals surface area contributed by atoms with Crippen LogP contribution in [0.15, 0.2) is 70.5 Å². The van der Waals surface area contributed by atoms with Crippen LogP contribution in [0.5, 0.6) is 0 Å². The van der Waals surface area contributed by atoms with Crippen LogP contribution in [0.3, 0.4) is 0 Å². The molecule has 202 valence electrons. The molecule has 0 saturated carbocycles. The number of nitrogens with zero attached hydrogens (tertiary/aromatic N) is 6. The molecule has 0 radical (unpaired) electrons. The molecule has 0 aliphatic rings. The van der Waals surface area contributed by atoms with E-state index in [1.807, 2.05) is 6.07 Å². The number of hydrogen-bond acceptors (Lipinski definition) is 8. The van der Waals surface area contributed by atoms with Crippen LogP contribution in [-0.2, 0) is 22.0 Å². The maximum absolute atomic E-state index is 13.6. The van der Waals surface area contributed by atoms with Crippen molar-refractivity contribution in [2.75, 3.05) is 0 Å². The number of phosphoric ester groups is 1. The predicted octanol–water partition coefficient (Wildman–Crippen LogP) is 3.11. The Morgan fingerprint density at radius 2 is 1.82 bits per heavy atom. The molecule has 2 N–H and O–H groups in total. The molecule has 0 amide bonds. The predicted molar refractivity (Wildman–Crippen MR) is 133 cm³/mol. The Hall–Kier alpha value is -4.74. The first kappa shape index (κ1) is 26.9. The van der Waals surface area contributed by atoms with Crippen molar-refractivity contribution in [3.05, 3.63) is 93.0 Å². The number of hydrogen-bond donors (Lipinski definition) is 2. The van der Waals surface area contributed by atoms with Crippen molar-refractivity contribution >= 4 is 29.8 Å². The first-order valence-corrected chi connectivity index (χ1v) is 12.6. The lowest BCUT2D eigenvalue weighted by Gasteiger charge is -2.17. The zero-order valence-corrected chi connectivity index (χ0v) is 20.7. The molecule has 0 spiro atoms. The van der Waals surface area contributed by atoms with Gasteiger partial charge in [-0.1, -0.05) is 6.07 Å². The van der Waals surface area contributed by atoms with Gasteiger partial charge in [-0.05, 0) is 42.5 Å². The lowest BCUT2D eigenvalue weighted by Crippen LogP contribution is -2.40. The molecule has 5 rings (SSSR count). The molecule has 0 unspecified atom stereocenters. The van der Waals surface area contributed by atoms with Gasteiger partial charge in [0.15, 0.2) is 0 Å². The average molecular weight is 570 g/mol. The Morgan fingerprint density at radius 3 is 2.48 bits per heavy atom. The molecule has 16 heteroatoms. The van der Waals surface area contributed by atoms with E-state index >= 15 is 0 Å². The smallest absolute Gasteiger partial charge is 0.303 e. The van der Waals surface area contributed by atoms with E-state index in [4.69, 9.17) is 15.0 Å². The van der Waals surface area contributed by atoms with Gasteiger partial charge in [-0.3, -0.25) is 18.9 Å². The number of pyridine rings is 3. The fraction of sp³-hybridized carbons (Fsp3) is 0.0833. The Morgan fingerprint density at radius 1 is 1.05 bits per heavy atom. The van der Waals surface area contributed by atoms with E-state index in [1.54, 1.807) is 12.1 Å². The third kappa shape index (κ3) is 4.99. The fourth-order valence-corrected chi connectivity index (χ4v) is 4.23. The summed E-state index contributed by atoms with van der Waals surface area (Å²) in [6, 6.07) is 11.7. The standard InChI is InChI=1S/C24H14F3N6O6P/c25-24(26,27)14-2-1-3-16(8-14)33-21-17(22(34)32(23(33)35)12-39-40(36,37)38)11-30-19-7-6-18(31-20(19)21)13-4-5-15(9-28)29-10-13/h1-8,10-11H,12H2,(H2,36,37,38). The van der Waals surface area contributed by atoms with Crippen molar-refractivity contribution in [2.45, 2.75) is 12.9 Å². The fourth-order valence-electron chi connectivity index (χ4n) is 3.96. The minimum atomic E-state index is -5.14. The molecule has 1 aromatic carbocycles. The number of nitriles is 1. The largest absolute Gasteiger partial charge is 0.471 e. The summed E-state index contributed by atoms with van der Waals surface area (Å²) >= 11 is 0.